The molecule has 0 aliphatic heterocycles. The van der Waals surface area contributed by atoms with Gasteiger partial charge in [0.1, 0.15) is 5.75 Å². The van der Waals surface area contributed by atoms with Crippen molar-refractivity contribution >= 4 is 18.6 Å². The zero-order chi connectivity index (χ0) is 7.40. The maximum Gasteiger partial charge on any atom is 0.115 e. The lowest BCUT2D eigenvalue weighted by Crippen LogP contribution is -1.84. The predicted octanol–water partition coefficient (Wildman–Crippen LogP) is 1.11. The minimum atomic E-state index is 0. The molecule has 0 saturated heterocycles. The Morgan fingerprint density at radius 3 is 2.27 bits per heavy atom. The number of halogens is 1. The monoisotopic (exact) mass is 172 g/mol. The molecule has 0 saturated carbocycles. The van der Waals surface area contributed by atoms with Crippen LogP contribution in [-0.2, 0) is 0 Å². The maximum absolute atomic E-state index is 8.85. The second kappa shape index (κ2) is 4.57. The zero-order valence-corrected chi connectivity index (χ0v) is 6.58. The first kappa shape index (κ1) is 9.78. The Labute approximate surface area is 70.9 Å². The van der Waals surface area contributed by atoms with Gasteiger partial charge in [-0.15, -0.1) is 12.4 Å². The van der Waals surface area contributed by atoms with Gasteiger partial charge >= 0.3 is 0 Å². The van der Waals surface area contributed by atoms with E-state index in [-0.39, 0.29) is 18.2 Å². The topological polar surface area (TPSA) is 58.6 Å². The molecular weight excluding hydrogens is 164 g/mol. The molecule has 0 amide bonds. The summed E-state index contributed by atoms with van der Waals surface area (Å²) < 4.78 is 0. The molecule has 0 atom stereocenters. The number of rotatable bonds is 1. The summed E-state index contributed by atoms with van der Waals surface area (Å²) in [6.45, 7) is 0. The van der Waals surface area contributed by atoms with E-state index in [0.29, 0.717) is 0 Å². The summed E-state index contributed by atoms with van der Waals surface area (Å²) in [4.78, 5) is 0. The Morgan fingerprint density at radius 2 is 1.82 bits per heavy atom. The highest BCUT2D eigenvalue weighted by Crippen LogP contribution is 2.07. The fourth-order valence-corrected chi connectivity index (χ4v) is 0.646. The van der Waals surface area contributed by atoms with Crippen molar-refractivity contribution in [3.8, 4) is 5.75 Å². The minimum absolute atomic E-state index is 0. The molecule has 0 heterocycles. The van der Waals surface area contributed by atoms with E-state index in [9.17, 15) is 0 Å². The normalized spacial score (nSPS) is 9.45. The first-order valence-electron chi connectivity index (χ1n) is 2.85. The van der Waals surface area contributed by atoms with Gasteiger partial charge in [0, 0.05) is 0 Å². The summed E-state index contributed by atoms with van der Waals surface area (Å²) in [6.07, 6.45) is 1.51. The molecule has 0 fully saturated rings. The van der Waals surface area contributed by atoms with E-state index in [4.69, 9.17) is 10.9 Å². The third-order valence-corrected chi connectivity index (χ3v) is 1.12. The van der Waals surface area contributed by atoms with Crippen LogP contribution in [0.3, 0.4) is 0 Å². The van der Waals surface area contributed by atoms with Crippen molar-refractivity contribution in [3.63, 3.8) is 0 Å². The Kier molecular flexibility index (Phi) is 4.07. The lowest BCUT2D eigenvalue weighted by Gasteiger charge is -1.90. The van der Waals surface area contributed by atoms with E-state index in [2.05, 4.69) is 5.10 Å². The van der Waals surface area contributed by atoms with Gasteiger partial charge in [-0.3, -0.25) is 0 Å². The molecule has 1 rings (SSSR count). The first-order valence-corrected chi connectivity index (χ1v) is 2.85. The van der Waals surface area contributed by atoms with Crippen LogP contribution in [0, 0.1) is 0 Å². The van der Waals surface area contributed by atoms with Crippen molar-refractivity contribution < 1.29 is 5.11 Å². The standard InChI is InChI=1S/C7H8N2O.ClH/c8-9-5-6-1-3-7(10)4-2-6;/h1-5,10H,8H2;1H. The first-order chi connectivity index (χ1) is 4.83. The number of benzene rings is 1. The molecule has 0 radical (unpaired) electrons. The second-order valence-corrected chi connectivity index (χ2v) is 1.87. The lowest BCUT2D eigenvalue weighted by atomic mass is 10.2. The minimum Gasteiger partial charge on any atom is -0.508 e. The average Bonchev–Trinajstić information content (AvgIpc) is 1.95. The van der Waals surface area contributed by atoms with Gasteiger partial charge in [-0.25, -0.2) is 0 Å². The van der Waals surface area contributed by atoms with Crippen molar-refractivity contribution in [2.75, 3.05) is 0 Å². The molecule has 4 heteroatoms. The van der Waals surface area contributed by atoms with Crippen molar-refractivity contribution in [2.45, 2.75) is 0 Å². The van der Waals surface area contributed by atoms with Gasteiger partial charge in [-0.2, -0.15) is 5.10 Å². The predicted molar refractivity (Wildman–Crippen MR) is 47.1 cm³/mol. The van der Waals surface area contributed by atoms with Crippen LogP contribution in [0.5, 0.6) is 5.75 Å². The van der Waals surface area contributed by atoms with Crippen molar-refractivity contribution in [2.24, 2.45) is 10.9 Å². The van der Waals surface area contributed by atoms with E-state index >= 15 is 0 Å². The van der Waals surface area contributed by atoms with Gasteiger partial charge < -0.3 is 10.9 Å². The Bertz CT molecular complexity index is 233. The molecule has 1 aromatic rings. The van der Waals surface area contributed by atoms with Crippen LogP contribution in [0.15, 0.2) is 29.4 Å². The molecule has 0 bridgehead atoms. The summed E-state index contributed by atoms with van der Waals surface area (Å²) in [5, 5.41) is 12.2. The van der Waals surface area contributed by atoms with Crippen LogP contribution in [-0.4, -0.2) is 11.3 Å². The summed E-state index contributed by atoms with van der Waals surface area (Å²) >= 11 is 0. The summed E-state index contributed by atoms with van der Waals surface area (Å²) in [7, 11) is 0. The smallest absolute Gasteiger partial charge is 0.115 e. The molecule has 3 N–H and O–H groups in total. The van der Waals surface area contributed by atoms with E-state index in [0.717, 1.165) is 5.56 Å². The zero-order valence-electron chi connectivity index (χ0n) is 5.77. The molecule has 0 unspecified atom stereocenters. The van der Waals surface area contributed by atoms with Crippen LogP contribution in [0.2, 0.25) is 0 Å². The SMILES string of the molecule is Cl.NN=Cc1ccc(O)cc1. The number of phenolic OH excluding ortho intramolecular Hbond substituents is 1. The highest BCUT2D eigenvalue weighted by molar-refractivity contribution is 5.85. The fraction of sp³-hybridized carbons (Fsp3) is 0. The highest BCUT2D eigenvalue weighted by atomic mass is 35.5. The summed E-state index contributed by atoms with van der Waals surface area (Å²) in [5.74, 6) is 5.15. The Hall–Kier alpha value is -1.22. The largest absolute Gasteiger partial charge is 0.508 e. The van der Waals surface area contributed by atoms with E-state index in [1.807, 2.05) is 0 Å². The number of nitrogens with zero attached hydrogens (tertiary/aromatic N) is 1. The van der Waals surface area contributed by atoms with Crippen LogP contribution in [0.4, 0.5) is 0 Å². The van der Waals surface area contributed by atoms with E-state index in [1.54, 1.807) is 24.3 Å². The van der Waals surface area contributed by atoms with Gasteiger partial charge in [-0.1, -0.05) is 0 Å². The number of aromatic hydroxyl groups is 1. The fourth-order valence-electron chi connectivity index (χ4n) is 0.646. The third-order valence-electron chi connectivity index (χ3n) is 1.12. The van der Waals surface area contributed by atoms with Crippen molar-refractivity contribution in [1.29, 1.82) is 0 Å². The molecule has 0 aliphatic rings. The van der Waals surface area contributed by atoms with Crippen LogP contribution in [0.1, 0.15) is 5.56 Å². The van der Waals surface area contributed by atoms with Crippen molar-refractivity contribution in [3.05, 3.63) is 29.8 Å². The molecule has 0 aromatic heterocycles. The van der Waals surface area contributed by atoms with Gasteiger partial charge in [0.25, 0.3) is 0 Å². The number of phenols is 1. The van der Waals surface area contributed by atoms with E-state index < -0.39 is 0 Å². The molecule has 1 aromatic carbocycles. The third kappa shape index (κ3) is 2.91. The number of hydrogen-bond donors (Lipinski definition) is 2. The van der Waals surface area contributed by atoms with Crippen LogP contribution < -0.4 is 5.84 Å². The summed E-state index contributed by atoms with van der Waals surface area (Å²) in [5.41, 5.74) is 0.875. The molecule has 60 valence electrons. The van der Waals surface area contributed by atoms with Crippen LogP contribution >= 0.6 is 12.4 Å². The maximum atomic E-state index is 8.85. The quantitative estimate of drug-likeness (QED) is 0.379. The second-order valence-electron chi connectivity index (χ2n) is 1.87. The number of nitrogens with two attached hydrogens (primary N) is 1. The highest BCUT2D eigenvalue weighted by Gasteiger charge is 1.86. The Balaban J connectivity index is 0.000001000. The van der Waals surface area contributed by atoms with Crippen molar-refractivity contribution in [1.82, 2.24) is 0 Å². The van der Waals surface area contributed by atoms with Gasteiger partial charge in [0.15, 0.2) is 0 Å². The number of hydrogen-bond acceptors (Lipinski definition) is 3. The number of hydrazone groups is 1. The van der Waals surface area contributed by atoms with Crippen LogP contribution in [0.25, 0.3) is 0 Å². The van der Waals surface area contributed by atoms with E-state index in [1.165, 1.54) is 6.21 Å². The molecule has 3 nitrogen and oxygen atoms in total. The molecule has 0 spiro atoms. The van der Waals surface area contributed by atoms with Gasteiger partial charge in [-0.05, 0) is 29.8 Å². The summed E-state index contributed by atoms with van der Waals surface area (Å²) in [6, 6.07) is 6.62. The molecular formula is C7H9ClN2O. The van der Waals surface area contributed by atoms with Gasteiger partial charge in [0.2, 0.25) is 0 Å². The van der Waals surface area contributed by atoms with Gasteiger partial charge in [0.05, 0.1) is 6.21 Å². The molecule has 11 heavy (non-hydrogen) atoms. The molecule has 0 aliphatic carbocycles. The lowest BCUT2D eigenvalue weighted by molar-refractivity contribution is 0.475. The average molecular weight is 173 g/mol. The Morgan fingerprint density at radius 1 is 1.27 bits per heavy atom.